The average Bonchev–Trinajstić information content (AvgIpc) is 2.59. The third-order valence-electron chi connectivity index (χ3n) is 3.80. The number of nitrogens with zero attached hydrogens (tertiary/aromatic N) is 3. The van der Waals surface area contributed by atoms with E-state index >= 15 is 0 Å². The van der Waals surface area contributed by atoms with Gasteiger partial charge in [0.25, 0.3) is 0 Å². The van der Waals surface area contributed by atoms with Crippen LogP contribution in [0, 0.1) is 5.82 Å². The fourth-order valence-corrected chi connectivity index (χ4v) is 2.78. The first-order valence-electron chi connectivity index (χ1n) is 7.49. The lowest BCUT2D eigenvalue weighted by Crippen LogP contribution is -2.48. The number of carbonyl (C=O) groups is 1. The number of carbonyl (C=O) groups excluding carboxylic acids is 1. The Morgan fingerprint density at radius 3 is 2.96 bits per heavy atom. The number of benzene rings is 1. The molecule has 24 heavy (non-hydrogen) atoms. The maximum absolute atomic E-state index is 14.0. The van der Waals surface area contributed by atoms with Gasteiger partial charge in [-0.2, -0.15) is 4.98 Å². The smallest absolute Gasteiger partial charge is 0.318 e. The standard InChI is InChI=1S/C16H16ClFN4O2/c1-24-16-19-9-10(17)14(21-16)20-12-6-4-8-22(15(12)23)13-7-3-2-5-11(13)18/h2-3,5,7,9,12H,4,6,8H2,1H3,(H,19,20,21). The second kappa shape index (κ2) is 7.00. The molecule has 3 rings (SSSR count). The molecule has 0 radical (unpaired) electrons. The summed E-state index contributed by atoms with van der Waals surface area (Å²) in [6.07, 6.45) is 2.74. The molecule has 1 atom stereocenters. The van der Waals surface area contributed by atoms with Crippen LogP contribution in [-0.2, 0) is 4.79 Å². The molecule has 6 nitrogen and oxygen atoms in total. The number of para-hydroxylation sites is 1. The van der Waals surface area contributed by atoms with Gasteiger partial charge in [0.2, 0.25) is 5.91 Å². The van der Waals surface area contributed by atoms with Gasteiger partial charge in [-0.15, -0.1) is 0 Å². The van der Waals surface area contributed by atoms with Crippen LogP contribution >= 0.6 is 11.6 Å². The van der Waals surface area contributed by atoms with Crippen LogP contribution in [0.25, 0.3) is 0 Å². The van der Waals surface area contributed by atoms with Gasteiger partial charge in [0.15, 0.2) is 5.82 Å². The summed E-state index contributed by atoms with van der Waals surface area (Å²) >= 11 is 6.07. The van der Waals surface area contributed by atoms with E-state index in [1.54, 1.807) is 18.2 Å². The first-order valence-corrected chi connectivity index (χ1v) is 7.87. The van der Waals surface area contributed by atoms with E-state index in [0.29, 0.717) is 18.8 Å². The Hall–Kier alpha value is -2.41. The summed E-state index contributed by atoms with van der Waals surface area (Å²) in [6, 6.07) is 5.83. The van der Waals surface area contributed by atoms with Crippen molar-refractivity contribution in [3.8, 4) is 6.01 Å². The normalized spacial score (nSPS) is 17.7. The van der Waals surface area contributed by atoms with Gasteiger partial charge in [0, 0.05) is 6.54 Å². The molecule has 126 valence electrons. The van der Waals surface area contributed by atoms with Crippen LogP contribution in [0.2, 0.25) is 5.02 Å². The van der Waals surface area contributed by atoms with Gasteiger partial charge in [0.1, 0.15) is 16.9 Å². The van der Waals surface area contributed by atoms with Crippen molar-refractivity contribution in [2.45, 2.75) is 18.9 Å². The van der Waals surface area contributed by atoms with Gasteiger partial charge in [-0.25, -0.2) is 9.37 Å². The van der Waals surface area contributed by atoms with Gasteiger partial charge in [-0.05, 0) is 25.0 Å². The minimum Gasteiger partial charge on any atom is -0.467 e. The van der Waals surface area contributed by atoms with Crippen molar-refractivity contribution in [3.63, 3.8) is 0 Å². The molecule has 0 spiro atoms. The van der Waals surface area contributed by atoms with Gasteiger partial charge in [-0.1, -0.05) is 23.7 Å². The molecular weight excluding hydrogens is 335 g/mol. The van der Waals surface area contributed by atoms with Gasteiger partial charge in [0.05, 0.1) is 19.0 Å². The predicted octanol–water partition coefficient (Wildman–Crippen LogP) is 2.89. The minimum atomic E-state index is -0.546. The van der Waals surface area contributed by atoms with Crippen LogP contribution in [0.4, 0.5) is 15.9 Å². The van der Waals surface area contributed by atoms with Crippen LogP contribution < -0.4 is 15.0 Å². The lowest BCUT2D eigenvalue weighted by atomic mass is 10.0. The fraction of sp³-hybridized carbons (Fsp3) is 0.312. The molecule has 1 N–H and O–H groups in total. The van der Waals surface area contributed by atoms with Crippen molar-refractivity contribution in [2.24, 2.45) is 0 Å². The third-order valence-corrected chi connectivity index (χ3v) is 4.07. The van der Waals surface area contributed by atoms with Crippen molar-refractivity contribution in [1.29, 1.82) is 0 Å². The number of nitrogens with one attached hydrogen (secondary N) is 1. The Bertz CT molecular complexity index is 759. The second-order valence-corrected chi connectivity index (χ2v) is 5.74. The summed E-state index contributed by atoms with van der Waals surface area (Å²) in [7, 11) is 1.44. The van der Waals surface area contributed by atoms with E-state index < -0.39 is 11.9 Å². The lowest BCUT2D eigenvalue weighted by Gasteiger charge is -2.33. The maximum Gasteiger partial charge on any atom is 0.318 e. The van der Waals surface area contributed by atoms with Crippen LogP contribution in [0.1, 0.15) is 12.8 Å². The molecule has 2 aromatic rings. The number of halogens is 2. The molecule has 8 heteroatoms. The summed E-state index contributed by atoms with van der Waals surface area (Å²) < 4.78 is 19.0. The van der Waals surface area contributed by atoms with Gasteiger partial charge in [-0.3, -0.25) is 4.79 Å². The minimum absolute atomic E-state index is 0.149. The highest BCUT2D eigenvalue weighted by molar-refractivity contribution is 6.32. The molecule has 1 amide bonds. The molecule has 2 heterocycles. The number of ether oxygens (including phenoxy) is 1. The SMILES string of the molecule is COc1ncc(Cl)c(NC2CCCN(c3ccccc3F)C2=O)n1. The van der Waals surface area contributed by atoms with E-state index in [9.17, 15) is 9.18 Å². The van der Waals surface area contributed by atoms with Crippen LogP contribution in [-0.4, -0.2) is 35.6 Å². The topological polar surface area (TPSA) is 67.3 Å². The Labute approximate surface area is 143 Å². The molecule has 0 saturated carbocycles. The molecule has 0 aliphatic carbocycles. The molecule has 1 fully saturated rings. The first-order chi connectivity index (χ1) is 11.6. The van der Waals surface area contributed by atoms with E-state index in [0.717, 1.165) is 6.42 Å². The Morgan fingerprint density at radius 1 is 1.42 bits per heavy atom. The highest BCUT2D eigenvalue weighted by Gasteiger charge is 2.31. The quantitative estimate of drug-likeness (QED) is 0.918. The van der Waals surface area contributed by atoms with Gasteiger partial charge < -0.3 is 15.0 Å². The third kappa shape index (κ3) is 3.26. The van der Waals surface area contributed by atoms with E-state index in [1.807, 2.05) is 0 Å². The number of methoxy groups -OCH3 is 1. The van der Waals surface area contributed by atoms with Crippen molar-refractivity contribution in [2.75, 3.05) is 23.9 Å². The van der Waals surface area contributed by atoms with Crippen molar-refractivity contribution < 1.29 is 13.9 Å². The summed E-state index contributed by atoms with van der Waals surface area (Å²) in [6.45, 7) is 0.471. The number of aromatic nitrogens is 2. The molecule has 1 saturated heterocycles. The van der Waals surface area contributed by atoms with Crippen LogP contribution in [0.15, 0.2) is 30.5 Å². The number of amides is 1. The summed E-state index contributed by atoms with van der Waals surface area (Å²) in [5.41, 5.74) is 0.278. The average molecular weight is 351 g/mol. The van der Waals surface area contributed by atoms with Crippen molar-refractivity contribution in [1.82, 2.24) is 9.97 Å². The Kier molecular flexibility index (Phi) is 4.80. The predicted molar refractivity (Wildman–Crippen MR) is 89.0 cm³/mol. The fourth-order valence-electron chi connectivity index (χ4n) is 2.63. The highest BCUT2D eigenvalue weighted by Crippen LogP contribution is 2.27. The number of piperidine rings is 1. The Morgan fingerprint density at radius 2 is 2.21 bits per heavy atom. The van der Waals surface area contributed by atoms with Crippen molar-refractivity contribution in [3.05, 3.63) is 41.3 Å². The molecule has 1 aliphatic rings. The van der Waals surface area contributed by atoms with Crippen LogP contribution in [0.3, 0.4) is 0 Å². The summed E-state index contributed by atoms with van der Waals surface area (Å²) in [5, 5.41) is 3.30. The molecular formula is C16H16ClFN4O2. The van der Waals surface area contributed by atoms with E-state index in [1.165, 1.54) is 24.3 Å². The van der Waals surface area contributed by atoms with Crippen LogP contribution in [0.5, 0.6) is 6.01 Å². The number of anilines is 2. The van der Waals surface area contributed by atoms with Gasteiger partial charge >= 0.3 is 6.01 Å². The van der Waals surface area contributed by atoms with Crippen molar-refractivity contribution >= 4 is 29.0 Å². The molecule has 0 bridgehead atoms. The zero-order valence-corrected chi connectivity index (χ0v) is 13.8. The maximum atomic E-state index is 14.0. The zero-order valence-electron chi connectivity index (χ0n) is 13.0. The van der Waals surface area contributed by atoms with E-state index in [4.69, 9.17) is 16.3 Å². The summed E-state index contributed by atoms with van der Waals surface area (Å²) in [4.78, 5) is 22.2. The lowest BCUT2D eigenvalue weighted by molar-refractivity contribution is -0.120. The summed E-state index contributed by atoms with van der Waals surface area (Å²) in [5.74, 6) is -0.328. The monoisotopic (exact) mass is 350 g/mol. The highest BCUT2D eigenvalue weighted by atomic mass is 35.5. The molecule has 1 aromatic heterocycles. The molecule has 1 unspecified atom stereocenters. The first kappa shape index (κ1) is 16.4. The molecule has 1 aliphatic heterocycles. The Balaban J connectivity index is 1.82. The molecule has 1 aromatic carbocycles. The zero-order chi connectivity index (χ0) is 17.1. The number of rotatable bonds is 4. The van der Waals surface area contributed by atoms with E-state index in [-0.39, 0.29) is 22.6 Å². The number of hydrogen-bond acceptors (Lipinski definition) is 5. The van der Waals surface area contributed by atoms with E-state index in [2.05, 4.69) is 15.3 Å². The number of hydrogen-bond donors (Lipinski definition) is 1. The largest absolute Gasteiger partial charge is 0.467 e. The second-order valence-electron chi connectivity index (χ2n) is 5.33.